The summed E-state index contributed by atoms with van der Waals surface area (Å²) in [6.07, 6.45) is 0. The second-order valence-electron chi connectivity index (χ2n) is 8.58. The SMILES string of the molecule is COc1ccc(-c2[nH]n(-c3ccc([N+](=O)[O-])cc3)c(=O)c2C(C)=Nc2ccccc2Sc2ccccc2)cc1. The van der Waals surface area contributed by atoms with Gasteiger partial charge in [0.1, 0.15) is 5.75 Å². The molecule has 0 bridgehead atoms. The van der Waals surface area contributed by atoms with E-state index >= 15 is 0 Å². The van der Waals surface area contributed by atoms with Crippen LogP contribution in [0.3, 0.4) is 0 Å². The monoisotopic (exact) mass is 536 g/mol. The summed E-state index contributed by atoms with van der Waals surface area (Å²) in [6.45, 7) is 1.81. The second kappa shape index (κ2) is 11.2. The standard InChI is InChI=1S/C30H24N4O4S/c1-20(31-26-10-6-7-11-27(26)39-25-8-4-3-5-9-25)28-29(21-12-18-24(38-2)19-13-21)32-33(30(28)35)22-14-16-23(17-15-22)34(36)37/h3-19,32H,1-2H3. The number of hydrogen-bond acceptors (Lipinski definition) is 6. The summed E-state index contributed by atoms with van der Waals surface area (Å²) in [5, 5.41) is 14.3. The maximum absolute atomic E-state index is 13.8. The third-order valence-corrected chi connectivity index (χ3v) is 7.15. The number of nitrogens with zero attached hydrogens (tertiary/aromatic N) is 3. The van der Waals surface area contributed by atoms with Crippen LogP contribution >= 0.6 is 11.8 Å². The highest BCUT2D eigenvalue weighted by molar-refractivity contribution is 7.99. The van der Waals surface area contributed by atoms with Crippen LogP contribution in [0.5, 0.6) is 5.75 Å². The molecule has 5 aromatic rings. The van der Waals surface area contributed by atoms with E-state index in [1.807, 2.05) is 85.8 Å². The fourth-order valence-electron chi connectivity index (χ4n) is 4.13. The number of aromatic amines is 1. The first-order chi connectivity index (χ1) is 18.9. The Bertz CT molecular complexity index is 1710. The van der Waals surface area contributed by atoms with Crippen molar-refractivity contribution in [3.63, 3.8) is 0 Å². The predicted molar refractivity (Wildman–Crippen MR) is 154 cm³/mol. The van der Waals surface area contributed by atoms with Gasteiger partial charge in [0.2, 0.25) is 0 Å². The van der Waals surface area contributed by atoms with E-state index in [0.717, 1.165) is 21.0 Å². The molecular weight excluding hydrogens is 512 g/mol. The van der Waals surface area contributed by atoms with Crippen LogP contribution in [-0.2, 0) is 0 Å². The molecule has 0 amide bonds. The van der Waals surface area contributed by atoms with Crippen molar-refractivity contribution in [2.24, 2.45) is 4.99 Å². The van der Waals surface area contributed by atoms with Gasteiger partial charge in [0, 0.05) is 27.5 Å². The zero-order chi connectivity index (χ0) is 27.4. The van der Waals surface area contributed by atoms with E-state index in [-0.39, 0.29) is 11.2 Å². The van der Waals surface area contributed by atoms with Crippen molar-refractivity contribution >= 4 is 28.8 Å². The summed E-state index contributed by atoms with van der Waals surface area (Å²) in [4.78, 5) is 31.4. The minimum absolute atomic E-state index is 0.0563. The van der Waals surface area contributed by atoms with Crippen LogP contribution in [0.4, 0.5) is 11.4 Å². The summed E-state index contributed by atoms with van der Waals surface area (Å²) < 4.78 is 6.67. The number of rotatable bonds is 8. The molecule has 0 saturated carbocycles. The van der Waals surface area contributed by atoms with E-state index in [1.165, 1.54) is 28.9 Å². The van der Waals surface area contributed by atoms with Gasteiger partial charge in [-0.15, -0.1) is 0 Å². The third kappa shape index (κ3) is 5.53. The quantitative estimate of drug-likeness (QED) is 0.130. The Labute approximate surface area is 228 Å². The van der Waals surface area contributed by atoms with Crippen LogP contribution in [-0.4, -0.2) is 27.5 Å². The topological polar surface area (TPSA) is 103 Å². The lowest BCUT2D eigenvalue weighted by atomic mass is 10.0. The van der Waals surface area contributed by atoms with Crippen LogP contribution in [0.15, 0.2) is 123 Å². The molecule has 0 aliphatic carbocycles. The maximum atomic E-state index is 13.8. The number of non-ortho nitro benzene ring substituents is 1. The molecule has 0 saturated heterocycles. The number of para-hydroxylation sites is 1. The molecule has 0 spiro atoms. The van der Waals surface area contributed by atoms with Gasteiger partial charge in [0.05, 0.1) is 40.4 Å². The van der Waals surface area contributed by atoms with Crippen LogP contribution in [0.2, 0.25) is 0 Å². The average Bonchev–Trinajstić information content (AvgIpc) is 3.31. The molecule has 5 rings (SSSR count). The van der Waals surface area contributed by atoms with E-state index in [0.29, 0.717) is 28.4 Å². The molecule has 0 aliphatic rings. The van der Waals surface area contributed by atoms with E-state index in [1.54, 1.807) is 18.9 Å². The number of nitro benzene ring substituents is 1. The van der Waals surface area contributed by atoms with E-state index < -0.39 is 4.92 Å². The number of ether oxygens (including phenoxy) is 1. The van der Waals surface area contributed by atoms with Gasteiger partial charge in [-0.05, 0) is 67.6 Å². The average molecular weight is 537 g/mol. The first kappa shape index (κ1) is 25.7. The molecule has 194 valence electrons. The van der Waals surface area contributed by atoms with Gasteiger partial charge in [-0.25, -0.2) is 4.68 Å². The number of benzene rings is 4. The van der Waals surface area contributed by atoms with Crippen molar-refractivity contribution in [2.45, 2.75) is 16.7 Å². The number of methoxy groups -OCH3 is 1. The lowest BCUT2D eigenvalue weighted by Crippen LogP contribution is -2.19. The molecule has 1 aromatic heterocycles. The van der Waals surface area contributed by atoms with Gasteiger partial charge in [0.15, 0.2) is 0 Å². The van der Waals surface area contributed by atoms with Crippen molar-refractivity contribution in [3.05, 3.63) is 129 Å². The van der Waals surface area contributed by atoms with Crippen molar-refractivity contribution in [1.82, 2.24) is 9.78 Å². The number of hydrogen-bond donors (Lipinski definition) is 1. The molecule has 39 heavy (non-hydrogen) atoms. The number of aromatic nitrogens is 2. The Balaban J connectivity index is 1.63. The number of aliphatic imine (C=N–C) groups is 1. The summed E-state index contributed by atoms with van der Waals surface area (Å²) in [6, 6.07) is 31.0. The molecule has 1 heterocycles. The largest absolute Gasteiger partial charge is 0.497 e. The molecule has 4 aromatic carbocycles. The maximum Gasteiger partial charge on any atom is 0.280 e. The minimum Gasteiger partial charge on any atom is -0.497 e. The Morgan fingerprint density at radius 3 is 2.26 bits per heavy atom. The molecule has 1 N–H and O–H groups in total. The summed E-state index contributed by atoms with van der Waals surface area (Å²) >= 11 is 1.60. The molecular formula is C30H24N4O4S. The van der Waals surface area contributed by atoms with Gasteiger partial charge >= 0.3 is 0 Å². The highest BCUT2D eigenvalue weighted by atomic mass is 32.2. The lowest BCUT2D eigenvalue weighted by Gasteiger charge is -2.08. The van der Waals surface area contributed by atoms with Gasteiger partial charge in [0.25, 0.3) is 11.2 Å². The molecule has 0 fully saturated rings. The summed E-state index contributed by atoms with van der Waals surface area (Å²) in [5.41, 5.74) is 3.12. The van der Waals surface area contributed by atoms with Gasteiger partial charge in [-0.3, -0.25) is 25.0 Å². The van der Waals surface area contributed by atoms with Crippen LogP contribution < -0.4 is 10.3 Å². The van der Waals surface area contributed by atoms with Crippen molar-refractivity contribution in [2.75, 3.05) is 7.11 Å². The van der Waals surface area contributed by atoms with E-state index in [9.17, 15) is 14.9 Å². The smallest absolute Gasteiger partial charge is 0.280 e. The lowest BCUT2D eigenvalue weighted by molar-refractivity contribution is -0.384. The second-order valence-corrected chi connectivity index (χ2v) is 9.70. The Hall–Kier alpha value is -4.89. The Morgan fingerprint density at radius 1 is 0.923 bits per heavy atom. The summed E-state index contributed by atoms with van der Waals surface area (Å²) in [7, 11) is 1.59. The van der Waals surface area contributed by atoms with Gasteiger partial charge in [-0.1, -0.05) is 42.1 Å². The van der Waals surface area contributed by atoms with Crippen LogP contribution in [0, 0.1) is 10.1 Å². The fraction of sp³-hybridized carbons (Fsp3) is 0.0667. The molecule has 0 radical (unpaired) electrons. The third-order valence-electron chi connectivity index (χ3n) is 6.07. The number of nitro groups is 1. The normalized spacial score (nSPS) is 11.4. The van der Waals surface area contributed by atoms with E-state index in [2.05, 4.69) is 5.10 Å². The number of nitrogens with one attached hydrogen (secondary N) is 1. The number of H-pyrrole nitrogens is 1. The first-order valence-electron chi connectivity index (χ1n) is 12.1. The molecule has 0 unspecified atom stereocenters. The summed E-state index contributed by atoms with van der Waals surface area (Å²) in [5.74, 6) is 0.690. The van der Waals surface area contributed by atoms with Crippen LogP contribution in [0.1, 0.15) is 12.5 Å². The van der Waals surface area contributed by atoms with Gasteiger partial charge in [-0.2, -0.15) is 0 Å². The zero-order valence-electron chi connectivity index (χ0n) is 21.2. The highest BCUT2D eigenvalue weighted by Crippen LogP contribution is 2.35. The van der Waals surface area contributed by atoms with E-state index in [4.69, 9.17) is 9.73 Å². The van der Waals surface area contributed by atoms with Crippen molar-refractivity contribution in [3.8, 4) is 22.7 Å². The van der Waals surface area contributed by atoms with Crippen molar-refractivity contribution in [1.29, 1.82) is 0 Å². The van der Waals surface area contributed by atoms with Gasteiger partial charge < -0.3 is 4.74 Å². The van der Waals surface area contributed by atoms with Crippen LogP contribution in [0.25, 0.3) is 16.9 Å². The fourth-order valence-corrected chi connectivity index (χ4v) is 5.04. The Morgan fingerprint density at radius 2 is 1.59 bits per heavy atom. The minimum atomic E-state index is -0.475. The zero-order valence-corrected chi connectivity index (χ0v) is 22.0. The molecule has 0 aliphatic heterocycles. The highest BCUT2D eigenvalue weighted by Gasteiger charge is 2.20. The molecule has 9 heteroatoms. The Kier molecular flexibility index (Phi) is 7.42. The van der Waals surface area contributed by atoms with Crippen molar-refractivity contribution < 1.29 is 9.66 Å². The predicted octanol–water partition coefficient (Wildman–Crippen LogP) is 7.04. The first-order valence-corrected chi connectivity index (χ1v) is 12.9. The molecule has 0 atom stereocenters. The molecule has 8 nitrogen and oxygen atoms in total.